The molecule has 2 amide bonds. The Morgan fingerprint density at radius 2 is 1.87 bits per heavy atom. The fraction of sp³-hybridized carbons (Fsp3) is 0.471. The minimum Gasteiger partial charge on any atom is -0.444 e. The number of hydrogen-bond donors (Lipinski definition) is 2. The summed E-state index contributed by atoms with van der Waals surface area (Å²) in [7, 11) is 1.55. The molecule has 1 atom stereocenters. The molecule has 0 radical (unpaired) electrons. The lowest BCUT2D eigenvalue weighted by Crippen LogP contribution is -2.42. The third-order valence-electron chi connectivity index (χ3n) is 3.00. The van der Waals surface area contributed by atoms with Crippen LogP contribution >= 0.6 is 0 Å². The van der Waals surface area contributed by atoms with E-state index in [-0.39, 0.29) is 12.3 Å². The topological polar surface area (TPSA) is 91.2 Å². The minimum absolute atomic E-state index is 0.149. The number of nitrogens with one attached hydrogen (secondary N) is 2. The Bertz CT molecular complexity index is 583. The lowest BCUT2D eigenvalue weighted by atomic mass is 10.0. The van der Waals surface area contributed by atoms with E-state index >= 15 is 0 Å². The van der Waals surface area contributed by atoms with Crippen LogP contribution in [0.4, 0.5) is 4.79 Å². The third-order valence-corrected chi connectivity index (χ3v) is 3.00. The molecule has 0 aliphatic carbocycles. The molecule has 6 heteroatoms. The van der Waals surface area contributed by atoms with Crippen molar-refractivity contribution >= 4 is 12.0 Å². The predicted molar refractivity (Wildman–Crippen MR) is 86.7 cm³/mol. The van der Waals surface area contributed by atoms with Gasteiger partial charge in [-0.2, -0.15) is 5.26 Å². The fourth-order valence-electron chi connectivity index (χ4n) is 1.97. The zero-order chi connectivity index (χ0) is 17.5. The molecule has 0 spiro atoms. The second-order valence-electron chi connectivity index (χ2n) is 6.23. The molecule has 1 aromatic rings. The number of benzene rings is 1. The van der Waals surface area contributed by atoms with Gasteiger partial charge in [0.25, 0.3) is 0 Å². The second-order valence-corrected chi connectivity index (χ2v) is 6.23. The molecule has 0 bridgehead atoms. The Morgan fingerprint density at radius 1 is 1.26 bits per heavy atom. The number of hydrogen-bond acceptors (Lipinski definition) is 4. The van der Waals surface area contributed by atoms with E-state index in [2.05, 4.69) is 16.7 Å². The van der Waals surface area contributed by atoms with Crippen LogP contribution in [0.15, 0.2) is 24.3 Å². The standard InChI is InChI=1S/C17H23N3O3/c1-17(2,3)23-16(22)20-14(10-15(21)19-4)9-12-5-7-13(11-18)8-6-12/h5-8,14H,9-10H2,1-4H3,(H,19,21)(H,20,22)/t14-/m1/s1. The first kappa shape index (κ1) is 18.5. The second kappa shape index (κ2) is 8.18. The van der Waals surface area contributed by atoms with Gasteiger partial charge in [-0.15, -0.1) is 0 Å². The smallest absolute Gasteiger partial charge is 0.407 e. The molecule has 124 valence electrons. The van der Waals surface area contributed by atoms with Crippen LogP contribution in [0.3, 0.4) is 0 Å². The van der Waals surface area contributed by atoms with Crippen molar-refractivity contribution in [1.82, 2.24) is 10.6 Å². The summed E-state index contributed by atoms with van der Waals surface area (Å²) in [5, 5.41) is 14.1. The van der Waals surface area contributed by atoms with Crippen molar-refractivity contribution < 1.29 is 14.3 Å². The number of nitrogens with zero attached hydrogens (tertiary/aromatic N) is 1. The van der Waals surface area contributed by atoms with Crippen LogP contribution in [0, 0.1) is 11.3 Å². The van der Waals surface area contributed by atoms with E-state index in [1.54, 1.807) is 40.0 Å². The van der Waals surface area contributed by atoms with Crippen molar-refractivity contribution in [2.45, 2.75) is 45.3 Å². The van der Waals surface area contributed by atoms with Crippen LogP contribution in [0.2, 0.25) is 0 Å². The maximum atomic E-state index is 11.9. The highest BCUT2D eigenvalue weighted by atomic mass is 16.6. The maximum Gasteiger partial charge on any atom is 0.407 e. The highest BCUT2D eigenvalue weighted by Crippen LogP contribution is 2.11. The Hall–Kier alpha value is -2.55. The molecule has 6 nitrogen and oxygen atoms in total. The van der Waals surface area contributed by atoms with E-state index in [0.717, 1.165) is 5.56 Å². The third kappa shape index (κ3) is 7.32. The zero-order valence-electron chi connectivity index (χ0n) is 14.0. The van der Waals surface area contributed by atoms with Crippen LogP contribution in [0.1, 0.15) is 38.3 Å². The van der Waals surface area contributed by atoms with Gasteiger partial charge in [-0.3, -0.25) is 4.79 Å². The number of ether oxygens (including phenoxy) is 1. The molecular weight excluding hydrogens is 294 g/mol. The van der Waals surface area contributed by atoms with Gasteiger partial charge in [0, 0.05) is 19.5 Å². The normalized spacial score (nSPS) is 12.0. The molecule has 23 heavy (non-hydrogen) atoms. The van der Waals surface area contributed by atoms with Gasteiger partial charge in [-0.1, -0.05) is 12.1 Å². The summed E-state index contributed by atoms with van der Waals surface area (Å²) in [5.74, 6) is -0.167. The van der Waals surface area contributed by atoms with E-state index in [4.69, 9.17) is 10.00 Å². The van der Waals surface area contributed by atoms with E-state index in [1.165, 1.54) is 0 Å². The monoisotopic (exact) mass is 317 g/mol. The summed E-state index contributed by atoms with van der Waals surface area (Å²) in [5.41, 5.74) is 0.890. The van der Waals surface area contributed by atoms with Crippen molar-refractivity contribution in [3.05, 3.63) is 35.4 Å². The number of nitriles is 1. The molecule has 0 aliphatic rings. The molecule has 0 saturated heterocycles. The van der Waals surface area contributed by atoms with Gasteiger partial charge in [0.15, 0.2) is 0 Å². The maximum absolute atomic E-state index is 11.9. The van der Waals surface area contributed by atoms with Gasteiger partial charge in [0.05, 0.1) is 11.6 Å². The van der Waals surface area contributed by atoms with Gasteiger partial charge < -0.3 is 15.4 Å². The van der Waals surface area contributed by atoms with Gasteiger partial charge in [-0.25, -0.2) is 4.79 Å². The van der Waals surface area contributed by atoms with Gasteiger partial charge >= 0.3 is 6.09 Å². The van der Waals surface area contributed by atoms with Gasteiger partial charge in [0.2, 0.25) is 5.91 Å². The minimum atomic E-state index is -0.601. The lowest BCUT2D eigenvalue weighted by Gasteiger charge is -2.23. The molecule has 0 aromatic heterocycles. The number of carbonyl (C=O) groups excluding carboxylic acids is 2. The largest absolute Gasteiger partial charge is 0.444 e. The lowest BCUT2D eigenvalue weighted by molar-refractivity contribution is -0.121. The molecule has 0 aliphatic heterocycles. The van der Waals surface area contributed by atoms with E-state index in [0.29, 0.717) is 12.0 Å². The van der Waals surface area contributed by atoms with Crippen LogP contribution in [0.5, 0.6) is 0 Å². The number of rotatable bonds is 5. The molecule has 0 fully saturated rings. The zero-order valence-corrected chi connectivity index (χ0v) is 14.0. The molecule has 1 rings (SSSR count). The Labute approximate surface area is 136 Å². The van der Waals surface area contributed by atoms with Crippen LogP contribution in [0.25, 0.3) is 0 Å². The van der Waals surface area contributed by atoms with Crippen LogP contribution < -0.4 is 10.6 Å². The first-order valence-corrected chi connectivity index (χ1v) is 7.42. The first-order valence-electron chi connectivity index (χ1n) is 7.42. The molecule has 0 heterocycles. The quantitative estimate of drug-likeness (QED) is 0.870. The Kier molecular flexibility index (Phi) is 6.58. The summed E-state index contributed by atoms with van der Waals surface area (Å²) in [6.07, 6.45) is 0.0637. The van der Waals surface area contributed by atoms with Gasteiger partial charge in [-0.05, 0) is 44.9 Å². The molecule has 0 unspecified atom stereocenters. The van der Waals surface area contributed by atoms with Crippen molar-refractivity contribution in [1.29, 1.82) is 5.26 Å². The van der Waals surface area contributed by atoms with Crippen molar-refractivity contribution in [2.24, 2.45) is 0 Å². The van der Waals surface area contributed by atoms with Crippen LogP contribution in [-0.4, -0.2) is 30.7 Å². The fourth-order valence-corrected chi connectivity index (χ4v) is 1.97. The molecular formula is C17H23N3O3. The molecule has 1 aromatic carbocycles. The Balaban J connectivity index is 2.77. The van der Waals surface area contributed by atoms with Crippen molar-refractivity contribution in [2.75, 3.05) is 7.05 Å². The Morgan fingerprint density at radius 3 is 2.35 bits per heavy atom. The van der Waals surface area contributed by atoms with E-state index < -0.39 is 17.7 Å². The number of carbonyl (C=O) groups is 2. The first-order chi connectivity index (χ1) is 10.7. The highest BCUT2D eigenvalue weighted by Gasteiger charge is 2.21. The van der Waals surface area contributed by atoms with E-state index in [9.17, 15) is 9.59 Å². The number of amides is 2. The average Bonchev–Trinajstić information content (AvgIpc) is 2.45. The predicted octanol–water partition coefficient (Wildman–Crippen LogP) is 2.13. The summed E-state index contributed by atoms with van der Waals surface area (Å²) in [6, 6.07) is 8.70. The number of alkyl carbamates (subject to hydrolysis) is 1. The summed E-state index contributed by atoms with van der Waals surface area (Å²) >= 11 is 0. The molecule has 2 N–H and O–H groups in total. The summed E-state index contributed by atoms with van der Waals surface area (Å²) in [4.78, 5) is 23.6. The summed E-state index contributed by atoms with van der Waals surface area (Å²) in [6.45, 7) is 5.34. The van der Waals surface area contributed by atoms with E-state index in [1.807, 2.05) is 12.1 Å². The van der Waals surface area contributed by atoms with Crippen molar-refractivity contribution in [3.63, 3.8) is 0 Å². The van der Waals surface area contributed by atoms with Crippen LogP contribution in [-0.2, 0) is 16.0 Å². The average molecular weight is 317 g/mol. The summed E-state index contributed by atoms with van der Waals surface area (Å²) < 4.78 is 5.23. The SMILES string of the molecule is CNC(=O)C[C@@H](Cc1ccc(C#N)cc1)NC(=O)OC(C)(C)C. The molecule has 0 saturated carbocycles. The van der Waals surface area contributed by atoms with Crippen molar-refractivity contribution in [3.8, 4) is 6.07 Å². The highest BCUT2D eigenvalue weighted by molar-refractivity contribution is 5.77. The van der Waals surface area contributed by atoms with Gasteiger partial charge in [0.1, 0.15) is 5.60 Å².